The molecule has 0 spiro atoms. The summed E-state index contributed by atoms with van der Waals surface area (Å²) in [4.78, 5) is 14.6. The minimum absolute atomic E-state index is 0.174. The van der Waals surface area contributed by atoms with Gasteiger partial charge < -0.3 is 15.5 Å². The van der Waals surface area contributed by atoms with E-state index in [1.165, 1.54) is 38.6 Å². The molecule has 5 heteroatoms. The standard InChI is InChI=1S/C17H24ClN3O/c18-15-7-3-4-8-16(15)20-17(22)19-11-13-9-10-21(12-13)14-5-1-2-6-14/h3-4,7-8,13-14H,1-2,5-6,9-12H2,(H2,19,20,22). The summed E-state index contributed by atoms with van der Waals surface area (Å²) in [5.74, 6) is 0.567. The van der Waals surface area contributed by atoms with Crippen LogP contribution in [0.3, 0.4) is 0 Å². The second kappa shape index (κ2) is 7.34. The van der Waals surface area contributed by atoms with Crippen molar-refractivity contribution >= 4 is 23.3 Å². The Morgan fingerprint density at radius 3 is 2.77 bits per heavy atom. The summed E-state index contributed by atoms with van der Waals surface area (Å²) in [6.07, 6.45) is 6.65. The van der Waals surface area contributed by atoms with Crippen molar-refractivity contribution in [3.05, 3.63) is 29.3 Å². The van der Waals surface area contributed by atoms with Crippen LogP contribution in [0.1, 0.15) is 32.1 Å². The summed E-state index contributed by atoms with van der Waals surface area (Å²) >= 11 is 6.04. The molecule has 1 saturated carbocycles. The number of anilines is 1. The summed E-state index contributed by atoms with van der Waals surface area (Å²) < 4.78 is 0. The maximum atomic E-state index is 12.0. The summed E-state index contributed by atoms with van der Waals surface area (Å²) in [6, 6.07) is 7.90. The largest absolute Gasteiger partial charge is 0.338 e. The third-order valence-electron chi connectivity index (χ3n) is 4.83. The molecule has 0 bridgehead atoms. The number of urea groups is 1. The van der Waals surface area contributed by atoms with Crippen molar-refractivity contribution in [2.45, 2.75) is 38.1 Å². The van der Waals surface area contributed by atoms with Crippen LogP contribution in [-0.2, 0) is 0 Å². The first kappa shape index (κ1) is 15.6. The lowest BCUT2D eigenvalue weighted by Gasteiger charge is -2.23. The van der Waals surface area contributed by atoms with E-state index in [0.717, 1.165) is 19.1 Å². The number of benzene rings is 1. The molecule has 0 radical (unpaired) electrons. The lowest BCUT2D eigenvalue weighted by atomic mass is 10.1. The normalized spacial score (nSPS) is 22.9. The zero-order valence-electron chi connectivity index (χ0n) is 12.9. The SMILES string of the molecule is O=C(NCC1CCN(C2CCCC2)C1)Nc1ccccc1Cl. The molecule has 0 aromatic heterocycles. The molecular formula is C17H24ClN3O. The molecular weight excluding hydrogens is 298 g/mol. The van der Waals surface area contributed by atoms with Gasteiger partial charge in [0.05, 0.1) is 10.7 Å². The van der Waals surface area contributed by atoms with Crippen LogP contribution in [0.5, 0.6) is 0 Å². The van der Waals surface area contributed by atoms with Gasteiger partial charge in [0.25, 0.3) is 0 Å². The van der Waals surface area contributed by atoms with Crippen molar-refractivity contribution in [3.63, 3.8) is 0 Å². The van der Waals surface area contributed by atoms with E-state index in [0.29, 0.717) is 16.6 Å². The predicted molar refractivity (Wildman–Crippen MR) is 90.4 cm³/mol. The molecule has 2 amide bonds. The highest BCUT2D eigenvalue weighted by atomic mass is 35.5. The Hall–Kier alpha value is -1.26. The minimum atomic E-state index is -0.174. The molecule has 1 saturated heterocycles. The van der Waals surface area contributed by atoms with E-state index in [4.69, 9.17) is 11.6 Å². The van der Waals surface area contributed by atoms with Crippen LogP contribution in [0.4, 0.5) is 10.5 Å². The van der Waals surface area contributed by atoms with Crippen molar-refractivity contribution < 1.29 is 4.79 Å². The molecule has 3 rings (SSSR count). The zero-order chi connectivity index (χ0) is 15.4. The first-order valence-electron chi connectivity index (χ1n) is 8.26. The van der Waals surface area contributed by atoms with E-state index < -0.39 is 0 Å². The van der Waals surface area contributed by atoms with Gasteiger partial charge in [-0.05, 0) is 43.9 Å². The van der Waals surface area contributed by atoms with Gasteiger partial charge in [0.2, 0.25) is 0 Å². The van der Waals surface area contributed by atoms with Gasteiger partial charge in [-0.1, -0.05) is 36.6 Å². The second-order valence-electron chi connectivity index (χ2n) is 6.40. The van der Waals surface area contributed by atoms with Crippen LogP contribution in [0.15, 0.2) is 24.3 Å². The Labute approximate surface area is 137 Å². The molecule has 1 aliphatic carbocycles. The monoisotopic (exact) mass is 321 g/mol. The Morgan fingerprint density at radius 2 is 2.00 bits per heavy atom. The highest BCUT2D eigenvalue weighted by molar-refractivity contribution is 6.33. The molecule has 2 N–H and O–H groups in total. The number of halogens is 1. The fraction of sp³-hybridized carbons (Fsp3) is 0.588. The number of nitrogens with one attached hydrogen (secondary N) is 2. The zero-order valence-corrected chi connectivity index (χ0v) is 13.6. The number of carbonyl (C=O) groups excluding carboxylic acids is 1. The Balaban J connectivity index is 1.41. The van der Waals surface area contributed by atoms with Gasteiger partial charge in [-0.25, -0.2) is 4.79 Å². The topological polar surface area (TPSA) is 44.4 Å². The van der Waals surface area contributed by atoms with Crippen LogP contribution in [0, 0.1) is 5.92 Å². The van der Waals surface area contributed by atoms with Gasteiger partial charge in [0.15, 0.2) is 0 Å². The molecule has 22 heavy (non-hydrogen) atoms. The number of hydrogen-bond donors (Lipinski definition) is 2. The number of likely N-dealkylation sites (tertiary alicyclic amines) is 1. The molecule has 4 nitrogen and oxygen atoms in total. The van der Waals surface area contributed by atoms with Gasteiger partial charge in [0, 0.05) is 19.1 Å². The number of amides is 2. The molecule has 120 valence electrons. The number of para-hydroxylation sites is 1. The number of rotatable bonds is 4. The minimum Gasteiger partial charge on any atom is -0.338 e. The molecule has 1 atom stereocenters. The van der Waals surface area contributed by atoms with E-state index in [1.54, 1.807) is 12.1 Å². The number of carbonyl (C=O) groups is 1. The van der Waals surface area contributed by atoms with E-state index in [2.05, 4.69) is 15.5 Å². The Morgan fingerprint density at radius 1 is 1.23 bits per heavy atom. The summed E-state index contributed by atoms with van der Waals surface area (Å²) in [7, 11) is 0. The third kappa shape index (κ3) is 3.93. The predicted octanol–water partition coefficient (Wildman–Crippen LogP) is 3.73. The van der Waals surface area contributed by atoms with E-state index >= 15 is 0 Å². The summed E-state index contributed by atoms with van der Waals surface area (Å²) in [5, 5.41) is 6.34. The van der Waals surface area contributed by atoms with Crippen molar-refractivity contribution in [1.82, 2.24) is 10.2 Å². The fourth-order valence-corrected chi connectivity index (χ4v) is 3.78. The van der Waals surface area contributed by atoms with Crippen molar-refractivity contribution in [1.29, 1.82) is 0 Å². The lowest BCUT2D eigenvalue weighted by molar-refractivity contribution is 0.234. The van der Waals surface area contributed by atoms with Gasteiger partial charge in [-0.2, -0.15) is 0 Å². The maximum absolute atomic E-state index is 12.0. The second-order valence-corrected chi connectivity index (χ2v) is 6.81. The molecule has 1 aliphatic heterocycles. The van der Waals surface area contributed by atoms with Gasteiger partial charge >= 0.3 is 6.03 Å². The molecule has 2 aliphatic rings. The fourth-order valence-electron chi connectivity index (χ4n) is 3.60. The lowest BCUT2D eigenvalue weighted by Crippen LogP contribution is -2.35. The molecule has 1 heterocycles. The van der Waals surface area contributed by atoms with Crippen LogP contribution in [0.25, 0.3) is 0 Å². The number of hydrogen-bond acceptors (Lipinski definition) is 2. The van der Waals surface area contributed by atoms with Crippen LogP contribution >= 0.6 is 11.6 Å². The Kier molecular flexibility index (Phi) is 5.21. The van der Waals surface area contributed by atoms with Crippen molar-refractivity contribution in [2.75, 3.05) is 25.0 Å². The third-order valence-corrected chi connectivity index (χ3v) is 5.16. The average molecular weight is 322 g/mol. The first-order valence-corrected chi connectivity index (χ1v) is 8.63. The highest BCUT2D eigenvalue weighted by Crippen LogP contribution is 2.28. The highest BCUT2D eigenvalue weighted by Gasteiger charge is 2.29. The molecule has 2 fully saturated rings. The molecule has 1 aromatic carbocycles. The van der Waals surface area contributed by atoms with Gasteiger partial charge in [-0.15, -0.1) is 0 Å². The maximum Gasteiger partial charge on any atom is 0.319 e. The van der Waals surface area contributed by atoms with Gasteiger partial charge in [-0.3, -0.25) is 0 Å². The average Bonchev–Trinajstić information content (AvgIpc) is 3.18. The van der Waals surface area contributed by atoms with Crippen LogP contribution in [-0.4, -0.2) is 36.6 Å². The van der Waals surface area contributed by atoms with E-state index in [-0.39, 0.29) is 6.03 Å². The Bertz CT molecular complexity index is 516. The van der Waals surface area contributed by atoms with E-state index in [9.17, 15) is 4.79 Å². The van der Waals surface area contributed by atoms with Crippen molar-refractivity contribution in [3.8, 4) is 0 Å². The first-order chi connectivity index (χ1) is 10.7. The van der Waals surface area contributed by atoms with Crippen LogP contribution in [0.2, 0.25) is 5.02 Å². The summed E-state index contributed by atoms with van der Waals surface area (Å²) in [5.41, 5.74) is 0.653. The quantitative estimate of drug-likeness (QED) is 0.887. The van der Waals surface area contributed by atoms with Crippen molar-refractivity contribution in [2.24, 2.45) is 5.92 Å². The number of nitrogens with zero attached hydrogens (tertiary/aromatic N) is 1. The summed E-state index contributed by atoms with van der Waals surface area (Å²) in [6.45, 7) is 3.04. The van der Waals surface area contributed by atoms with Crippen LogP contribution < -0.4 is 10.6 Å². The van der Waals surface area contributed by atoms with E-state index in [1.807, 2.05) is 12.1 Å². The molecule has 1 unspecified atom stereocenters. The smallest absolute Gasteiger partial charge is 0.319 e. The molecule has 1 aromatic rings. The van der Waals surface area contributed by atoms with Gasteiger partial charge in [0.1, 0.15) is 0 Å².